The van der Waals surface area contributed by atoms with Crippen LogP contribution in [0.5, 0.6) is 17.2 Å². The number of rotatable bonds is 5. The van der Waals surface area contributed by atoms with Crippen LogP contribution in [0, 0.1) is 13.8 Å². The van der Waals surface area contributed by atoms with Crippen molar-refractivity contribution >= 4 is 5.91 Å². The Labute approximate surface area is 147 Å². The van der Waals surface area contributed by atoms with E-state index in [4.69, 9.17) is 14.2 Å². The summed E-state index contributed by atoms with van der Waals surface area (Å²) in [6.07, 6.45) is -0.802. The third-order valence-corrected chi connectivity index (χ3v) is 4.09. The van der Waals surface area contributed by atoms with E-state index in [1.54, 1.807) is 6.92 Å². The molecular weight excluding hydrogens is 318 g/mol. The molecule has 2 unspecified atom stereocenters. The van der Waals surface area contributed by atoms with Crippen LogP contribution >= 0.6 is 0 Å². The van der Waals surface area contributed by atoms with E-state index < -0.39 is 6.10 Å². The first kappa shape index (κ1) is 17.1. The van der Waals surface area contributed by atoms with Crippen molar-refractivity contribution in [3.05, 3.63) is 53.6 Å². The molecule has 0 radical (unpaired) electrons. The smallest absolute Gasteiger partial charge is 0.260 e. The maximum Gasteiger partial charge on any atom is 0.260 e. The SMILES string of the molecule is Cc1ccc(C)c(OC(C)C(=O)NCC2COc3ccccc3O2)c1. The van der Waals surface area contributed by atoms with E-state index in [1.807, 2.05) is 56.3 Å². The molecule has 2 aromatic carbocycles. The average Bonchev–Trinajstić information content (AvgIpc) is 2.62. The number of carbonyl (C=O) groups excluding carboxylic acids is 1. The van der Waals surface area contributed by atoms with Crippen LogP contribution in [0.15, 0.2) is 42.5 Å². The minimum Gasteiger partial charge on any atom is -0.486 e. The van der Waals surface area contributed by atoms with Crippen molar-refractivity contribution in [3.8, 4) is 17.2 Å². The summed E-state index contributed by atoms with van der Waals surface area (Å²) in [6, 6.07) is 13.5. The fraction of sp³-hybridized carbons (Fsp3) is 0.350. The predicted octanol–water partition coefficient (Wildman–Crippen LogP) is 3.03. The number of nitrogens with one attached hydrogen (secondary N) is 1. The molecule has 0 spiro atoms. The number of aryl methyl sites for hydroxylation is 2. The van der Waals surface area contributed by atoms with Gasteiger partial charge in [0.2, 0.25) is 0 Å². The molecule has 0 aliphatic carbocycles. The Kier molecular flexibility index (Phi) is 5.12. The van der Waals surface area contributed by atoms with Crippen LogP contribution in [0.4, 0.5) is 0 Å². The molecule has 1 aliphatic rings. The Hall–Kier alpha value is -2.69. The van der Waals surface area contributed by atoms with Crippen LogP contribution < -0.4 is 19.5 Å². The Balaban J connectivity index is 1.52. The van der Waals surface area contributed by atoms with Crippen LogP contribution in [-0.2, 0) is 4.79 Å². The quantitative estimate of drug-likeness (QED) is 0.908. The Morgan fingerprint density at radius 2 is 2.00 bits per heavy atom. The zero-order chi connectivity index (χ0) is 17.8. The average molecular weight is 341 g/mol. The first-order chi connectivity index (χ1) is 12.0. The highest BCUT2D eigenvalue weighted by Gasteiger charge is 2.23. The van der Waals surface area contributed by atoms with E-state index in [2.05, 4.69) is 5.32 Å². The summed E-state index contributed by atoms with van der Waals surface area (Å²) in [7, 11) is 0. The van der Waals surface area contributed by atoms with Crippen LogP contribution in [0.25, 0.3) is 0 Å². The standard InChI is InChI=1S/C20H23NO4/c1-13-8-9-14(2)19(10-13)24-15(3)20(22)21-11-16-12-23-17-6-4-5-7-18(17)25-16/h4-10,15-16H,11-12H2,1-3H3,(H,21,22). The van der Waals surface area contributed by atoms with Gasteiger partial charge in [0.05, 0.1) is 6.54 Å². The summed E-state index contributed by atoms with van der Waals surface area (Å²) in [6.45, 7) is 6.47. The van der Waals surface area contributed by atoms with Crippen molar-refractivity contribution in [1.29, 1.82) is 0 Å². The van der Waals surface area contributed by atoms with E-state index in [-0.39, 0.29) is 12.0 Å². The summed E-state index contributed by atoms with van der Waals surface area (Å²) >= 11 is 0. The predicted molar refractivity (Wildman–Crippen MR) is 95.4 cm³/mol. The molecule has 1 amide bonds. The van der Waals surface area contributed by atoms with Gasteiger partial charge in [-0.05, 0) is 50.1 Å². The van der Waals surface area contributed by atoms with Crippen LogP contribution in [0.2, 0.25) is 0 Å². The van der Waals surface area contributed by atoms with Gasteiger partial charge in [0.15, 0.2) is 17.6 Å². The number of benzene rings is 2. The van der Waals surface area contributed by atoms with Gasteiger partial charge in [-0.15, -0.1) is 0 Å². The van der Waals surface area contributed by atoms with Gasteiger partial charge in [-0.25, -0.2) is 0 Å². The van der Waals surface area contributed by atoms with Gasteiger partial charge in [0, 0.05) is 0 Å². The lowest BCUT2D eigenvalue weighted by atomic mass is 10.1. The molecule has 132 valence electrons. The molecule has 25 heavy (non-hydrogen) atoms. The largest absolute Gasteiger partial charge is 0.486 e. The number of amides is 1. The second-order valence-electron chi connectivity index (χ2n) is 6.27. The summed E-state index contributed by atoms with van der Waals surface area (Å²) < 4.78 is 17.3. The van der Waals surface area contributed by atoms with E-state index in [1.165, 1.54) is 0 Å². The van der Waals surface area contributed by atoms with Crippen LogP contribution in [0.1, 0.15) is 18.1 Å². The maximum atomic E-state index is 12.3. The van der Waals surface area contributed by atoms with Crippen molar-refractivity contribution in [2.24, 2.45) is 0 Å². The van der Waals surface area contributed by atoms with Gasteiger partial charge >= 0.3 is 0 Å². The Morgan fingerprint density at radius 3 is 2.80 bits per heavy atom. The van der Waals surface area contributed by atoms with E-state index in [0.29, 0.717) is 18.9 Å². The Bertz CT molecular complexity index is 759. The summed E-state index contributed by atoms with van der Waals surface area (Å²) in [5, 5.41) is 2.87. The lowest BCUT2D eigenvalue weighted by molar-refractivity contribution is -0.127. The molecule has 2 aromatic rings. The van der Waals surface area contributed by atoms with Crippen LogP contribution in [0.3, 0.4) is 0 Å². The maximum absolute atomic E-state index is 12.3. The Morgan fingerprint density at radius 1 is 1.24 bits per heavy atom. The monoisotopic (exact) mass is 341 g/mol. The molecule has 1 heterocycles. The fourth-order valence-electron chi connectivity index (χ4n) is 2.60. The highest BCUT2D eigenvalue weighted by Crippen LogP contribution is 2.30. The molecule has 0 aromatic heterocycles. The molecule has 0 saturated carbocycles. The first-order valence-electron chi connectivity index (χ1n) is 8.43. The first-order valence-corrected chi connectivity index (χ1v) is 8.43. The highest BCUT2D eigenvalue weighted by molar-refractivity contribution is 5.80. The lowest BCUT2D eigenvalue weighted by Crippen LogP contribution is -2.44. The highest BCUT2D eigenvalue weighted by atomic mass is 16.6. The van der Waals surface area contributed by atoms with E-state index in [9.17, 15) is 4.79 Å². The topological polar surface area (TPSA) is 56.8 Å². The number of ether oxygens (including phenoxy) is 3. The second kappa shape index (κ2) is 7.47. The van der Waals surface area contributed by atoms with Gasteiger partial charge < -0.3 is 19.5 Å². The van der Waals surface area contributed by atoms with E-state index in [0.717, 1.165) is 22.6 Å². The second-order valence-corrected chi connectivity index (χ2v) is 6.27. The van der Waals surface area contributed by atoms with Crippen molar-refractivity contribution in [2.45, 2.75) is 33.0 Å². The summed E-state index contributed by atoms with van der Waals surface area (Å²) in [4.78, 5) is 12.3. The van der Waals surface area contributed by atoms with Gasteiger partial charge in [0.25, 0.3) is 5.91 Å². The number of para-hydroxylation sites is 2. The summed E-state index contributed by atoms with van der Waals surface area (Å²) in [5.41, 5.74) is 2.10. The zero-order valence-corrected chi connectivity index (χ0v) is 14.7. The number of fused-ring (bicyclic) bond motifs is 1. The van der Waals surface area contributed by atoms with Crippen LogP contribution in [-0.4, -0.2) is 31.3 Å². The van der Waals surface area contributed by atoms with E-state index >= 15 is 0 Å². The third kappa shape index (κ3) is 4.24. The number of hydrogen-bond donors (Lipinski definition) is 1. The molecular formula is C20H23NO4. The normalized spacial score (nSPS) is 16.8. The molecule has 5 nitrogen and oxygen atoms in total. The van der Waals surface area contributed by atoms with Crippen molar-refractivity contribution in [1.82, 2.24) is 5.32 Å². The van der Waals surface area contributed by atoms with Gasteiger partial charge in [-0.3, -0.25) is 4.79 Å². The minimum atomic E-state index is -0.586. The van der Waals surface area contributed by atoms with Gasteiger partial charge in [-0.2, -0.15) is 0 Å². The molecule has 5 heteroatoms. The molecule has 2 atom stereocenters. The number of hydrogen-bond acceptors (Lipinski definition) is 4. The number of carbonyl (C=O) groups is 1. The lowest BCUT2D eigenvalue weighted by Gasteiger charge is -2.27. The zero-order valence-electron chi connectivity index (χ0n) is 14.7. The third-order valence-electron chi connectivity index (χ3n) is 4.09. The van der Waals surface area contributed by atoms with Crippen molar-refractivity contribution < 1.29 is 19.0 Å². The van der Waals surface area contributed by atoms with Crippen molar-refractivity contribution in [3.63, 3.8) is 0 Å². The molecule has 0 fully saturated rings. The molecule has 1 N–H and O–H groups in total. The summed E-state index contributed by atoms with van der Waals surface area (Å²) in [5.74, 6) is 1.99. The molecule has 0 bridgehead atoms. The minimum absolute atomic E-state index is 0.177. The molecule has 0 saturated heterocycles. The van der Waals surface area contributed by atoms with Crippen molar-refractivity contribution in [2.75, 3.05) is 13.2 Å². The molecule has 3 rings (SSSR count). The molecule has 1 aliphatic heterocycles. The van der Waals surface area contributed by atoms with Gasteiger partial charge in [0.1, 0.15) is 18.5 Å². The fourth-order valence-corrected chi connectivity index (χ4v) is 2.60. The van der Waals surface area contributed by atoms with Gasteiger partial charge in [-0.1, -0.05) is 24.3 Å².